The molecule has 0 aliphatic rings. The van der Waals surface area contributed by atoms with E-state index in [1.54, 1.807) is 6.07 Å². The lowest BCUT2D eigenvalue weighted by atomic mass is 10.1. The number of rotatable bonds is 8. The molecule has 0 aliphatic carbocycles. The Bertz CT molecular complexity index is 1210. The van der Waals surface area contributed by atoms with Gasteiger partial charge < -0.3 is 0 Å². The van der Waals surface area contributed by atoms with E-state index in [2.05, 4.69) is 0 Å². The SMILES string of the molecule is NS(=O)(=O)c1ccc(S(=O)(=O)N(CCc2ccccc2)Cc2ccccc2F)cc1. The quantitative estimate of drug-likeness (QED) is 0.573. The van der Waals surface area contributed by atoms with Gasteiger partial charge in [0.05, 0.1) is 9.79 Å². The second kappa shape index (κ2) is 9.05. The summed E-state index contributed by atoms with van der Waals surface area (Å²) in [6, 6.07) is 20.0. The number of nitrogens with zero attached hydrogens (tertiary/aromatic N) is 1. The van der Waals surface area contributed by atoms with Gasteiger partial charge in [-0.15, -0.1) is 0 Å². The Hall–Kier alpha value is -2.59. The van der Waals surface area contributed by atoms with Crippen LogP contribution in [0, 0.1) is 5.82 Å². The van der Waals surface area contributed by atoms with E-state index in [0.29, 0.717) is 6.42 Å². The number of benzene rings is 3. The Balaban J connectivity index is 1.93. The molecule has 0 saturated heterocycles. The zero-order valence-electron chi connectivity index (χ0n) is 16.0. The maximum absolute atomic E-state index is 14.2. The van der Waals surface area contributed by atoms with Gasteiger partial charge in [-0.3, -0.25) is 0 Å². The summed E-state index contributed by atoms with van der Waals surface area (Å²) < 4.78 is 64.8. The number of nitrogens with two attached hydrogens (primary N) is 1. The van der Waals surface area contributed by atoms with E-state index in [9.17, 15) is 21.2 Å². The van der Waals surface area contributed by atoms with Crippen molar-refractivity contribution in [2.75, 3.05) is 6.54 Å². The molecule has 6 nitrogen and oxygen atoms in total. The van der Waals surface area contributed by atoms with E-state index in [4.69, 9.17) is 5.14 Å². The third-order valence-corrected chi connectivity index (χ3v) is 7.38. The molecule has 0 amide bonds. The molecular weight excluding hydrogens is 427 g/mol. The lowest BCUT2D eigenvalue weighted by molar-refractivity contribution is 0.402. The summed E-state index contributed by atoms with van der Waals surface area (Å²) in [5.74, 6) is -0.498. The molecule has 3 aromatic rings. The Morgan fingerprint density at radius 1 is 0.767 bits per heavy atom. The molecule has 0 bridgehead atoms. The van der Waals surface area contributed by atoms with Crippen LogP contribution in [0.5, 0.6) is 0 Å². The van der Waals surface area contributed by atoms with Crippen molar-refractivity contribution in [3.63, 3.8) is 0 Å². The first-order valence-corrected chi connectivity index (χ1v) is 12.1. The monoisotopic (exact) mass is 448 g/mol. The lowest BCUT2D eigenvalue weighted by Gasteiger charge is -2.23. The van der Waals surface area contributed by atoms with E-state index < -0.39 is 25.9 Å². The predicted octanol–water partition coefficient (Wildman–Crippen LogP) is 2.91. The van der Waals surface area contributed by atoms with Crippen LogP contribution in [0.25, 0.3) is 0 Å². The van der Waals surface area contributed by atoms with Gasteiger partial charge in [0.15, 0.2) is 0 Å². The minimum Gasteiger partial charge on any atom is -0.225 e. The second-order valence-electron chi connectivity index (χ2n) is 6.68. The third kappa shape index (κ3) is 5.31. The highest BCUT2D eigenvalue weighted by Crippen LogP contribution is 2.22. The third-order valence-electron chi connectivity index (χ3n) is 4.59. The second-order valence-corrected chi connectivity index (χ2v) is 10.2. The van der Waals surface area contributed by atoms with Crippen molar-refractivity contribution in [3.05, 3.63) is 95.8 Å². The van der Waals surface area contributed by atoms with Crippen molar-refractivity contribution in [2.45, 2.75) is 22.8 Å². The largest absolute Gasteiger partial charge is 0.243 e. The average Bonchev–Trinajstić information content (AvgIpc) is 2.72. The van der Waals surface area contributed by atoms with E-state index in [0.717, 1.165) is 17.7 Å². The van der Waals surface area contributed by atoms with Gasteiger partial charge in [-0.1, -0.05) is 48.5 Å². The molecular formula is C21H21FN2O4S2. The smallest absolute Gasteiger partial charge is 0.225 e. The summed E-state index contributed by atoms with van der Waals surface area (Å²) >= 11 is 0. The van der Waals surface area contributed by atoms with Crippen molar-refractivity contribution in [1.82, 2.24) is 4.31 Å². The maximum Gasteiger partial charge on any atom is 0.243 e. The Kier molecular flexibility index (Phi) is 6.67. The van der Waals surface area contributed by atoms with Gasteiger partial charge in [0.1, 0.15) is 5.82 Å². The lowest BCUT2D eigenvalue weighted by Crippen LogP contribution is -2.33. The molecule has 9 heteroatoms. The molecule has 3 rings (SSSR count). The zero-order valence-corrected chi connectivity index (χ0v) is 17.6. The van der Waals surface area contributed by atoms with Crippen molar-refractivity contribution in [3.8, 4) is 0 Å². The van der Waals surface area contributed by atoms with Crippen molar-refractivity contribution >= 4 is 20.0 Å². The van der Waals surface area contributed by atoms with Crippen LogP contribution in [0.1, 0.15) is 11.1 Å². The van der Waals surface area contributed by atoms with E-state index >= 15 is 0 Å². The number of hydrogen-bond acceptors (Lipinski definition) is 4. The van der Waals surface area contributed by atoms with Crippen LogP contribution in [-0.4, -0.2) is 27.7 Å². The molecule has 0 spiro atoms. The van der Waals surface area contributed by atoms with Crippen LogP contribution in [0.4, 0.5) is 4.39 Å². The van der Waals surface area contributed by atoms with Crippen molar-refractivity contribution in [2.24, 2.45) is 5.14 Å². The number of primary sulfonamides is 1. The van der Waals surface area contributed by atoms with E-state index in [-0.39, 0.29) is 28.4 Å². The highest BCUT2D eigenvalue weighted by Gasteiger charge is 2.26. The predicted molar refractivity (Wildman–Crippen MR) is 112 cm³/mol. The van der Waals surface area contributed by atoms with Gasteiger partial charge in [0.25, 0.3) is 0 Å². The van der Waals surface area contributed by atoms with Gasteiger partial charge in [0.2, 0.25) is 20.0 Å². The standard InChI is InChI=1S/C21H21FN2O4S2/c22-21-9-5-4-8-18(21)16-24(15-14-17-6-2-1-3-7-17)30(27,28)20-12-10-19(11-13-20)29(23,25)26/h1-13H,14-16H2,(H2,23,25,26). The summed E-state index contributed by atoms with van der Waals surface area (Å²) in [5, 5.41) is 5.08. The van der Waals surface area contributed by atoms with Gasteiger partial charge in [-0.25, -0.2) is 26.4 Å². The molecule has 158 valence electrons. The fourth-order valence-electron chi connectivity index (χ4n) is 2.95. The normalized spacial score (nSPS) is 12.2. The van der Waals surface area contributed by atoms with Gasteiger partial charge in [-0.05, 0) is 42.3 Å². The molecule has 30 heavy (non-hydrogen) atoms. The molecule has 2 N–H and O–H groups in total. The van der Waals surface area contributed by atoms with Crippen molar-refractivity contribution in [1.29, 1.82) is 0 Å². The summed E-state index contributed by atoms with van der Waals surface area (Å²) in [5.41, 5.74) is 1.19. The summed E-state index contributed by atoms with van der Waals surface area (Å²) in [7, 11) is -7.96. The topological polar surface area (TPSA) is 97.5 Å². The highest BCUT2D eigenvalue weighted by molar-refractivity contribution is 7.89. The first kappa shape index (κ1) is 22.1. The molecule has 0 aliphatic heterocycles. The molecule has 0 radical (unpaired) electrons. The zero-order chi connectivity index (χ0) is 21.8. The van der Waals surface area contributed by atoms with Crippen LogP contribution < -0.4 is 5.14 Å². The van der Waals surface area contributed by atoms with Gasteiger partial charge in [-0.2, -0.15) is 4.31 Å². The molecule has 0 aromatic heterocycles. The van der Waals surface area contributed by atoms with Gasteiger partial charge in [0, 0.05) is 18.7 Å². The number of halogens is 1. The molecule has 0 saturated carbocycles. The summed E-state index contributed by atoms with van der Waals surface area (Å²) in [6.45, 7) is -0.0314. The molecule has 0 atom stereocenters. The minimum absolute atomic E-state index is 0.0979. The Morgan fingerprint density at radius 3 is 1.93 bits per heavy atom. The van der Waals surface area contributed by atoms with Crippen LogP contribution in [0.2, 0.25) is 0 Å². The average molecular weight is 449 g/mol. The van der Waals surface area contributed by atoms with E-state index in [1.807, 2.05) is 30.3 Å². The van der Waals surface area contributed by atoms with Crippen LogP contribution in [0.3, 0.4) is 0 Å². The Morgan fingerprint density at radius 2 is 1.33 bits per heavy atom. The van der Waals surface area contributed by atoms with Crippen LogP contribution in [-0.2, 0) is 33.0 Å². The van der Waals surface area contributed by atoms with Crippen LogP contribution in [0.15, 0.2) is 88.7 Å². The summed E-state index contributed by atoms with van der Waals surface area (Å²) in [6.07, 6.45) is 0.434. The molecule has 0 unspecified atom stereocenters. The fraction of sp³-hybridized carbons (Fsp3) is 0.143. The van der Waals surface area contributed by atoms with E-state index in [1.165, 1.54) is 34.6 Å². The Labute approximate surface area is 175 Å². The minimum atomic E-state index is -4.02. The summed E-state index contributed by atoms with van der Waals surface area (Å²) in [4.78, 5) is -0.286. The fourth-order valence-corrected chi connectivity index (χ4v) is 4.88. The molecule has 3 aromatic carbocycles. The number of sulfonamides is 2. The van der Waals surface area contributed by atoms with Crippen molar-refractivity contribution < 1.29 is 21.2 Å². The van der Waals surface area contributed by atoms with Gasteiger partial charge >= 0.3 is 0 Å². The maximum atomic E-state index is 14.2. The molecule has 0 heterocycles. The van der Waals surface area contributed by atoms with Crippen LogP contribution >= 0.6 is 0 Å². The highest BCUT2D eigenvalue weighted by atomic mass is 32.2. The first-order chi connectivity index (χ1) is 14.2. The first-order valence-electron chi connectivity index (χ1n) is 9.08. The molecule has 0 fully saturated rings. The number of hydrogen-bond donors (Lipinski definition) is 1.